The number of aryl methyl sites for hydroxylation is 2. The number of carbonyl (C=O) groups is 3. The fourth-order valence-electron chi connectivity index (χ4n) is 4.99. The summed E-state index contributed by atoms with van der Waals surface area (Å²) >= 11 is 0. The first kappa shape index (κ1) is 25.0. The molecule has 190 valence electrons. The van der Waals surface area contributed by atoms with Crippen LogP contribution in [0.4, 0.5) is 13.2 Å². The van der Waals surface area contributed by atoms with Gasteiger partial charge in [0.25, 0.3) is 11.8 Å². The molecule has 0 spiro atoms. The van der Waals surface area contributed by atoms with E-state index >= 15 is 0 Å². The summed E-state index contributed by atoms with van der Waals surface area (Å²) in [6, 6.07) is 4.05. The van der Waals surface area contributed by atoms with Crippen molar-refractivity contribution in [3.05, 3.63) is 34.2 Å². The molecule has 1 unspecified atom stereocenters. The average Bonchev–Trinajstić information content (AvgIpc) is 3.07. The summed E-state index contributed by atoms with van der Waals surface area (Å²) < 4.78 is 40.5. The van der Waals surface area contributed by atoms with Crippen molar-refractivity contribution in [2.75, 3.05) is 13.1 Å². The Labute approximate surface area is 198 Å². The maximum Gasteiger partial charge on any atom is 0.493 e. The molecule has 12 heteroatoms. The number of hydrogen-bond acceptors (Lipinski definition) is 6. The molecule has 1 atom stereocenters. The van der Waals surface area contributed by atoms with Gasteiger partial charge in [-0.3, -0.25) is 18.7 Å². The number of nitrogens with zero attached hydrogens (tertiary/aromatic N) is 3. The van der Waals surface area contributed by atoms with Crippen LogP contribution in [-0.4, -0.2) is 51.2 Å². The number of hydrogen-bond donors (Lipinski definition) is 1. The zero-order valence-corrected chi connectivity index (χ0v) is 19.3. The van der Waals surface area contributed by atoms with Crippen LogP contribution in [0.2, 0.25) is 0 Å². The Bertz CT molecular complexity index is 1200. The fraction of sp³-hybridized carbons (Fsp3) is 0.565. The van der Waals surface area contributed by atoms with Gasteiger partial charge in [-0.15, -0.1) is 5.06 Å². The number of halogens is 3. The molecule has 0 radical (unpaired) electrons. The molecular weight excluding hydrogens is 469 g/mol. The van der Waals surface area contributed by atoms with Crippen LogP contribution in [0, 0.1) is 5.92 Å². The minimum Gasteiger partial charge on any atom is -0.321 e. The number of rotatable bonds is 6. The van der Waals surface area contributed by atoms with Gasteiger partial charge in [-0.25, -0.2) is 9.59 Å². The number of aromatic nitrogens is 2. The maximum atomic E-state index is 13.2. The highest BCUT2D eigenvalue weighted by Crippen LogP contribution is 2.30. The summed E-state index contributed by atoms with van der Waals surface area (Å²) in [4.78, 5) is 53.4. The molecule has 2 aromatic rings. The van der Waals surface area contributed by atoms with Crippen molar-refractivity contribution in [1.82, 2.24) is 19.5 Å². The van der Waals surface area contributed by atoms with Crippen LogP contribution in [0.5, 0.6) is 0 Å². The summed E-state index contributed by atoms with van der Waals surface area (Å²) in [6.45, 7) is 2.04. The van der Waals surface area contributed by atoms with E-state index in [9.17, 15) is 32.3 Å². The minimum absolute atomic E-state index is 0.100. The van der Waals surface area contributed by atoms with Crippen LogP contribution < -0.4 is 11.0 Å². The SMILES string of the molecule is Cn1c(=O)n(C2CCC(=O)N(OC(=O)C(F)(F)F)C2=O)c2cccc(CCCC3CCNCC3)c21. The molecule has 1 N–H and O–H groups in total. The van der Waals surface area contributed by atoms with Gasteiger partial charge in [-0.2, -0.15) is 13.2 Å². The van der Waals surface area contributed by atoms with Gasteiger partial charge >= 0.3 is 17.8 Å². The minimum atomic E-state index is -5.38. The van der Waals surface area contributed by atoms with E-state index < -0.39 is 35.7 Å². The molecule has 2 fully saturated rings. The van der Waals surface area contributed by atoms with E-state index in [2.05, 4.69) is 10.2 Å². The predicted octanol–water partition coefficient (Wildman–Crippen LogP) is 2.37. The van der Waals surface area contributed by atoms with Crippen molar-refractivity contribution in [3.8, 4) is 0 Å². The lowest BCUT2D eigenvalue weighted by Gasteiger charge is -2.29. The average molecular weight is 496 g/mol. The second-order valence-corrected chi connectivity index (χ2v) is 9.04. The summed E-state index contributed by atoms with van der Waals surface area (Å²) in [5.74, 6) is -4.28. The third kappa shape index (κ3) is 4.97. The molecule has 1 aromatic heterocycles. The number of nitrogens with one attached hydrogen (secondary N) is 1. The van der Waals surface area contributed by atoms with Crippen molar-refractivity contribution in [1.29, 1.82) is 0 Å². The first-order valence-electron chi connectivity index (χ1n) is 11.6. The zero-order chi connectivity index (χ0) is 25.3. The first-order chi connectivity index (χ1) is 16.6. The molecule has 2 aliphatic heterocycles. The van der Waals surface area contributed by atoms with Crippen LogP contribution in [0.1, 0.15) is 50.1 Å². The first-order valence-corrected chi connectivity index (χ1v) is 11.6. The molecule has 2 amide bonds. The van der Waals surface area contributed by atoms with E-state index in [4.69, 9.17) is 0 Å². The number of amides is 2. The largest absolute Gasteiger partial charge is 0.493 e. The van der Waals surface area contributed by atoms with Gasteiger partial charge in [0, 0.05) is 13.5 Å². The van der Waals surface area contributed by atoms with E-state index in [1.54, 1.807) is 19.2 Å². The molecule has 4 rings (SSSR count). The lowest BCUT2D eigenvalue weighted by Crippen LogP contribution is -2.49. The van der Waals surface area contributed by atoms with E-state index in [0.29, 0.717) is 17.0 Å². The van der Waals surface area contributed by atoms with Crippen LogP contribution in [0.3, 0.4) is 0 Å². The number of imidazole rings is 1. The summed E-state index contributed by atoms with van der Waals surface area (Å²) in [6.07, 6.45) is -0.848. The molecule has 0 bridgehead atoms. The van der Waals surface area contributed by atoms with Crippen molar-refractivity contribution >= 4 is 28.8 Å². The number of piperidine rings is 2. The zero-order valence-electron chi connectivity index (χ0n) is 19.3. The lowest BCUT2D eigenvalue weighted by molar-refractivity contribution is -0.238. The number of carbonyl (C=O) groups excluding carboxylic acids is 3. The third-order valence-electron chi connectivity index (χ3n) is 6.76. The van der Waals surface area contributed by atoms with Crippen molar-refractivity contribution in [3.63, 3.8) is 0 Å². The summed E-state index contributed by atoms with van der Waals surface area (Å²) in [7, 11) is 1.57. The highest BCUT2D eigenvalue weighted by molar-refractivity contribution is 6.00. The van der Waals surface area contributed by atoms with Gasteiger partial charge in [-0.1, -0.05) is 18.6 Å². The molecule has 1 aromatic carbocycles. The van der Waals surface area contributed by atoms with E-state index in [0.717, 1.165) is 50.8 Å². The number of imide groups is 1. The molecule has 2 saturated heterocycles. The van der Waals surface area contributed by atoms with Gasteiger partial charge in [0.1, 0.15) is 6.04 Å². The lowest BCUT2D eigenvalue weighted by atomic mass is 9.91. The standard InChI is InChI=1S/C23H27F3N4O5/c1-28-19-15(5-2-4-14-10-12-27-13-11-14)6-3-7-16(19)29(22(28)34)17-8-9-18(31)30(20(17)32)35-21(33)23(24,25)26/h3,6-7,14,17,27H,2,4-5,8-13H2,1H3. The van der Waals surface area contributed by atoms with E-state index in [1.807, 2.05) is 6.07 Å². The molecular formula is C23H27F3N4O5. The summed E-state index contributed by atoms with van der Waals surface area (Å²) in [5, 5.41) is 3.18. The van der Waals surface area contributed by atoms with Crippen LogP contribution >= 0.6 is 0 Å². The Kier molecular flexibility index (Phi) is 7.02. The molecule has 9 nitrogen and oxygen atoms in total. The monoisotopic (exact) mass is 496 g/mol. The van der Waals surface area contributed by atoms with Crippen molar-refractivity contribution in [2.45, 2.75) is 57.2 Å². The van der Waals surface area contributed by atoms with Gasteiger partial charge < -0.3 is 10.2 Å². The second-order valence-electron chi connectivity index (χ2n) is 9.04. The Morgan fingerprint density at radius 3 is 2.54 bits per heavy atom. The number of para-hydroxylation sites is 1. The van der Waals surface area contributed by atoms with Gasteiger partial charge in [0.05, 0.1) is 11.0 Å². The van der Waals surface area contributed by atoms with Gasteiger partial charge in [-0.05, 0) is 62.7 Å². The highest BCUT2D eigenvalue weighted by Gasteiger charge is 2.47. The quantitative estimate of drug-likeness (QED) is 0.616. The Balaban J connectivity index is 1.60. The number of hydroxylamine groups is 2. The number of fused-ring (bicyclic) bond motifs is 1. The van der Waals surface area contributed by atoms with Crippen LogP contribution in [0.25, 0.3) is 11.0 Å². The van der Waals surface area contributed by atoms with Gasteiger partial charge in [0.15, 0.2) is 0 Å². The molecule has 0 saturated carbocycles. The molecule has 35 heavy (non-hydrogen) atoms. The fourth-order valence-corrected chi connectivity index (χ4v) is 4.99. The Hall–Kier alpha value is -3.15. The van der Waals surface area contributed by atoms with Gasteiger partial charge in [0.2, 0.25) is 0 Å². The third-order valence-corrected chi connectivity index (χ3v) is 6.76. The smallest absolute Gasteiger partial charge is 0.321 e. The normalized spacial score (nSPS) is 20.0. The highest BCUT2D eigenvalue weighted by atomic mass is 19.4. The number of benzene rings is 1. The predicted molar refractivity (Wildman–Crippen MR) is 118 cm³/mol. The van der Waals surface area contributed by atoms with Crippen LogP contribution in [0.15, 0.2) is 23.0 Å². The van der Waals surface area contributed by atoms with Crippen LogP contribution in [-0.2, 0) is 32.7 Å². The maximum absolute atomic E-state index is 13.2. The second kappa shape index (κ2) is 9.84. The molecule has 2 aliphatic rings. The molecule has 3 heterocycles. The van der Waals surface area contributed by atoms with Crippen molar-refractivity contribution < 1.29 is 32.4 Å². The van der Waals surface area contributed by atoms with E-state index in [-0.39, 0.29) is 17.9 Å². The van der Waals surface area contributed by atoms with E-state index in [1.165, 1.54) is 9.13 Å². The Morgan fingerprint density at radius 1 is 1.14 bits per heavy atom. The Morgan fingerprint density at radius 2 is 1.86 bits per heavy atom. The topological polar surface area (TPSA) is 103 Å². The molecule has 0 aliphatic carbocycles. The number of alkyl halides is 3. The van der Waals surface area contributed by atoms with Crippen molar-refractivity contribution in [2.24, 2.45) is 13.0 Å². The summed E-state index contributed by atoms with van der Waals surface area (Å²) in [5.41, 5.74) is 1.45.